The van der Waals surface area contributed by atoms with Crippen LogP contribution in [0.3, 0.4) is 0 Å². The molecular formula is C19H24N4OS. The zero-order valence-electron chi connectivity index (χ0n) is 14.8. The third kappa shape index (κ3) is 3.13. The summed E-state index contributed by atoms with van der Waals surface area (Å²) in [5.74, 6) is 1.49. The lowest BCUT2D eigenvalue weighted by molar-refractivity contribution is 0.0787. The molecule has 1 fully saturated rings. The smallest absolute Gasteiger partial charge is 0.264 e. The lowest BCUT2D eigenvalue weighted by Crippen LogP contribution is -2.43. The van der Waals surface area contributed by atoms with Gasteiger partial charge in [-0.3, -0.25) is 9.69 Å². The van der Waals surface area contributed by atoms with E-state index in [0.29, 0.717) is 5.92 Å². The zero-order valence-corrected chi connectivity index (χ0v) is 15.6. The molecule has 25 heavy (non-hydrogen) atoms. The lowest BCUT2D eigenvalue weighted by atomic mass is 9.94. The summed E-state index contributed by atoms with van der Waals surface area (Å²) in [6.45, 7) is 6.40. The van der Waals surface area contributed by atoms with Crippen molar-refractivity contribution in [3.05, 3.63) is 41.7 Å². The predicted octanol–water partition coefficient (Wildman–Crippen LogP) is 3.43. The number of aryl methyl sites for hydroxylation is 1. The molecule has 4 rings (SSSR count). The van der Waals surface area contributed by atoms with Crippen molar-refractivity contribution in [1.29, 1.82) is 0 Å². The Bertz CT molecular complexity index is 760. The Hall–Kier alpha value is -1.66. The molecule has 2 aromatic rings. The summed E-state index contributed by atoms with van der Waals surface area (Å²) in [6.07, 6.45) is 3.22. The van der Waals surface area contributed by atoms with Crippen LogP contribution in [0.1, 0.15) is 48.9 Å². The van der Waals surface area contributed by atoms with Gasteiger partial charge in [-0.05, 0) is 30.9 Å². The lowest BCUT2D eigenvalue weighted by Gasteiger charge is -2.39. The van der Waals surface area contributed by atoms with Crippen LogP contribution in [-0.2, 0) is 6.42 Å². The predicted molar refractivity (Wildman–Crippen MR) is 98.8 cm³/mol. The van der Waals surface area contributed by atoms with Crippen molar-refractivity contribution in [2.24, 2.45) is 5.92 Å². The number of aromatic nitrogens is 3. The van der Waals surface area contributed by atoms with E-state index in [0.717, 1.165) is 30.5 Å². The fourth-order valence-corrected chi connectivity index (χ4v) is 5.17. The molecule has 0 N–H and O–H groups in total. The highest BCUT2D eigenvalue weighted by atomic mass is 32.2. The van der Waals surface area contributed by atoms with Gasteiger partial charge in [-0.1, -0.05) is 55.9 Å². The van der Waals surface area contributed by atoms with E-state index >= 15 is 0 Å². The number of thioether (sulfide) groups is 1. The average Bonchev–Trinajstić information content (AvgIpc) is 3.16. The van der Waals surface area contributed by atoms with Crippen LogP contribution in [0.25, 0.3) is 0 Å². The molecule has 5 nitrogen and oxygen atoms in total. The summed E-state index contributed by atoms with van der Waals surface area (Å²) in [6, 6.07) is 10.5. The van der Waals surface area contributed by atoms with Gasteiger partial charge in [0.05, 0.1) is 6.04 Å². The van der Waals surface area contributed by atoms with E-state index in [1.807, 2.05) is 13.0 Å². The molecule has 3 unspecified atom stereocenters. The number of hydrogen-bond donors (Lipinski definition) is 0. The first-order valence-electron chi connectivity index (χ1n) is 9.13. The Morgan fingerprint density at radius 2 is 2.12 bits per heavy atom. The monoisotopic (exact) mass is 356 g/mol. The van der Waals surface area contributed by atoms with Crippen LogP contribution in [0.2, 0.25) is 0 Å². The first-order chi connectivity index (χ1) is 12.2. The van der Waals surface area contributed by atoms with Crippen LogP contribution in [0.4, 0.5) is 0 Å². The molecular weight excluding hydrogens is 332 g/mol. The Labute approximate surface area is 152 Å². The minimum absolute atomic E-state index is 0.0688. The summed E-state index contributed by atoms with van der Waals surface area (Å²) >= 11 is 1.58. The summed E-state index contributed by atoms with van der Waals surface area (Å²) < 4.78 is 1.53. The molecule has 1 aromatic carbocycles. The van der Waals surface area contributed by atoms with Crippen molar-refractivity contribution in [1.82, 2.24) is 19.7 Å². The van der Waals surface area contributed by atoms with E-state index in [1.165, 1.54) is 23.1 Å². The second kappa shape index (κ2) is 6.92. The molecule has 3 atom stereocenters. The van der Waals surface area contributed by atoms with Gasteiger partial charge in [0.25, 0.3) is 5.91 Å². The van der Waals surface area contributed by atoms with Gasteiger partial charge in [0, 0.05) is 13.0 Å². The normalized spacial score (nSPS) is 25.1. The average molecular weight is 356 g/mol. The van der Waals surface area contributed by atoms with Gasteiger partial charge in [-0.25, -0.2) is 4.98 Å². The van der Waals surface area contributed by atoms with Crippen molar-refractivity contribution in [2.75, 3.05) is 13.1 Å². The minimum atomic E-state index is -0.173. The SMILES string of the molecule is CCc1nc2n(n1)C(=O)C(C(c1ccccc1)N1CCCC(C)C1)S2. The third-order valence-electron chi connectivity index (χ3n) is 5.13. The molecule has 0 aliphatic carbocycles. The van der Waals surface area contributed by atoms with Gasteiger partial charge in [-0.2, -0.15) is 4.68 Å². The van der Waals surface area contributed by atoms with E-state index in [2.05, 4.69) is 46.2 Å². The highest BCUT2D eigenvalue weighted by molar-refractivity contribution is 8.00. The number of piperidine rings is 1. The minimum Gasteiger partial charge on any atom is -0.294 e. The van der Waals surface area contributed by atoms with Crippen LogP contribution in [0.15, 0.2) is 35.5 Å². The molecule has 0 amide bonds. The molecule has 2 aliphatic heterocycles. The fraction of sp³-hybridized carbons (Fsp3) is 0.526. The van der Waals surface area contributed by atoms with Gasteiger partial charge in [0.1, 0.15) is 5.25 Å². The van der Waals surface area contributed by atoms with Crippen molar-refractivity contribution in [3.8, 4) is 0 Å². The summed E-state index contributed by atoms with van der Waals surface area (Å²) in [4.78, 5) is 20.1. The topological polar surface area (TPSA) is 51.0 Å². The van der Waals surface area contributed by atoms with Crippen molar-refractivity contribution < 1.29 is 4.79 Å². The second-order valence-corrected chi connectivity index (χ2v) is 8.16. The molecule has 2 aliphatic rings. The summed E-state index contributed by atoms with van der Waals surface area (Å²) in [7, 11) is 0. The molecule has 0 spiro atoms. The molecule has 0 radical (unpaired) electrons. The fourth-order valence-electron chi connectivity index (χ4n) is 3.90. The highest BCUT2D eigenvalue weighted by Crippen LogP contribution is 2.42. The zero-order chi connectivity index (χ0) is 17.4. The maximum atomic E-state index is 13.1. The molecule has 0 bridgehead atoms. The number of rotatable bonds is 4. The number of benzene rings is 1. The molecule has 1 saturated heterocycles. The van der Waals surface area contributed by atoms with Crippen LogP contribution in [0, 0.1) is 5.92 Å². The molecule has 1 aromatic heterocycles. The molecule has 3 heterocycles. The standard InChI is InChI=1S/C19H24N4OS/c1-3-15-20-19-23(21-15)18(24)17(25-19)16(14-9-5-4-6-10-14)22-11-7-8-13(2)12-22/h4-6,9-10,13,16-17H,3,7-8,11-12H2,1-2H3. The Kier molecular flexibility index (Phi) is 4.65. The first kappa shape index (κ1) is 16.8. The van der Waals surface area contributed by atoms with Gasteiger partial charge in [0.15, 0.2) is 11.0 Å². The van der Waals surface area contributed by atoms with Crippen LogP contribution < -0.4 is 0 Å². The van der Waals surface area contributed by atoms with Crippen molar-refractivity contribution in [2.45, 2.75) is 49.6 Å². The van der Waals surface area contributed by atoms with Crippen molar-refractivity contribution in [3.63, 3.8) is 0 Å². The summed E-state index contributed by atoms with van der Waals surface area (Å²) in [5.41, 5.74) is 1.21. The number of nitrogens with zero attached hydrogens (tertiary/aromatic N) is 4. The van der Waals surface area contributed by atoms with Crippen molar-refractivity contribution >= 4 is 17.7 Å². The number of carbonyl (C=O) groups excluding carboxylic acids is 1. The van der Waals surface area contributed by atoms with Crippen LogP contribution in [0.5, 0.6) is 0 Å². The highest BCUT2D eigenvalue weighted by Gasteiger charge is 2.43. The number of carbonyl (C=O) groups is 1. The Morgan fingerprint density at radius 3 is 2.80 bits per heavy atom. The van der Waals surface area contributed by atoms with Crippen LogP contribution >= 0.6 is 11.8 Å². The third-order valence-corrected chi connectivity index (χ3v) is 6.32. The molecule has 132 valence electrons. The van der Waals surface area contributed by atoms with E-state index in [1.54, 1.807) is 11.8 Å². The van der Waals surface area contributed by atoms with E-state index < -0.39 is 0 Å². The second-order valence-electron chi connectivity index (χ2n) is 7.05. The first-order valence-corrected chi connectivity index (χ1v) is 10.0. The van der Waals surface area contributed by atoms with E-state index in [4.69, 9.17) is 0 Å². The van der Waals surface area contributed by atoms with Gasteiger partial charge < -0.3 is 0 Å². The van der Waals surface area contributed by atoms with E-state index in [9.17, 15) is 4.79 Å². The number of fused-ring (bicyclic) bond motifs is 1. The molecule has 6 heteroatoms. The van der Waals surface area contributed by atoms with Gasteiger partial charge >= 0.3 is 0 Å². The molecule has 0 saturated carbocycles. The largest absolute Gasteiger partial charge is 0.294 e. The Morgan fingerprint density at radius 1 is 1.32 bits per heavy atom. The summed E-state index contributed by atoms with van der Waals surface area (Å²) in [5, 5.41) is 4.97. The Balaban J connectivity index is 1.67. The quantitative estimate of drug-likeness (QED) is 0.840. The van der Waals surface area contributed by atoms with Gasteiger partial charge in [-0.15, -0.1) is 5.10 Å². The van der Waals surface area contributed by atoms with Gasteiger partial charge in [0.2, 0.25) is 0 Å². The van der Waals surface area contributed by atoms with Crippen LogP contribution in [-0.4, -0.2) is 43.9 Å². The number of hydrogen-bond acceptors (Lipinski definition) is 5. The maximum absolute atomic E-state index is 13.1. The number of likely N-dealkylation sites (tertiary alicyclic amines) is 1. The van der Waals surface area contributed by atoms with E-state index in [-0.39, 0.29) is 17.2 Å². The maximum Gasteiger partial charge on any atom is 0.264 e.